The summed E-state index contributed by atoms with van der Waals surface area (Å²) in [5, 5.41) is 13.5. The van der Waals surface area contributed by atoms with Gasteiger partial charge in [0.05, 0.1) is 17.8 Å². The van der Waals surface area contributed by atoms with Crippen molar-refractivity contribution >= 4 is 23.3 Å². The molecule has 3 heterocycles. The molecular formula is C13H12N6O2. The van der Waals surface area contributed by atoms with Gasteiger partial charge in [-0.05, 0) is 6.92 Å². The summed E-state index contributed by atoms with van der Waals surface area (Å²) in [4.78, 5) is 29.0. The molecule has 0 radical (unpaired) electrons. The summed E-state index contributed by atoms with van der Waals surface area (Å²) >= 11 is 0. The number of anilines is 1. The zero-order valence-corrected chi connectivity index (χ0v) is 11.3. The van der Waals surface area contributed by atoms with Crippen LogP contribution in [-0.4, -0.2) is 33.0 Å². The highest BCUT2D eigenvalue weighted by Gasteiger charge is 2.36. The van der Waals surface area contributed by atoms with Crippen molar-refractivity contribution in [3.8, 4) is 6.07 Å². The predicted octanol–water partition coefficient (Wildman–Crippen LogP) is -0.252. The van der Waals surface area contributed by atoms with Crippen LogP contribution in [0.1, 0.15) is 17.7 Å². The monoisotopic (exact) mass is 284 g/mol. The molecule has 2 aromatic heterocycles. The molecule has 0 aromatic carbocycles. The maximum absolute atomic E-state index is 12.2. The highest BCUT2D eigenvalue weighted by atomic mass is 16.2. The number of carbonyl (C=O) groups is 2. The van der Waals surface area contributed by atoms with E-state index in [9.17, 15) is 14.9 Å². The van der Waals surface area contributed by atoms with Crippen LogP contribution >= 0.6 is 0 Å². The van der Waals surface area contributed by atoms with Crippen LogP contribution in [0.15, 0.2) is 12.3 Å². The third kappa shape index (κ3) is 1.99. The molecule has 2 amide bonds. The zero-order valence-electron chi connectivity index (χ0n) is 11.3. The summed E-state index contributed by atoms with van der Waals surface area (Å²) in [5.41, 5.74) is 6.75. The molecule has 1 aliphatic heterocycles. The van der Waals surface area contributed by atoms with Gasteiger partial charge in [0, 0.05) is 19.0 Å². The van der Waals surface area contributed by atoms with E-state index >= 15 is 0 Å². The Bertz CT molecular complexity index is 803. The lowest BCUT2D eigenvalue weighted by atomic mass is 10.1. The molecule has 8 heteroatoms. The van der Waals surface area contributed by atoms with E-state index in [1.807, 2.05) is 6.07 Å². The fourth-order valence-electron chi connectivity index (χ4n) is 2.48. The van der Waals surface area contributed by atoms with Crippen LogP contribution in [-0.2, 0) is 9.59 Å². The molecule has 1 atom stereocenters. The van der Waals surface area contributed by atoms with Gasteiger partial charge in [-0.3, -0.25) is 14.5 Å². The average Bonchev–Trinajstić information content (AvgIpc) is 2.99. The van der Waals surface area contributed by atoms with E-state index in [0.29, 0.717) is 11.5 Å². The Morgan fingerprint density at radius 3 is 2.95 bits per heavy atom. The lowest BCUT2D eigenvalue weighted by Crippen LogP contribution is -2.30. The van der Waals surface area contributed by atoms with Gasteiger partial charge in [-0.2, -0.15) is 14.9 Å². The Morgan fingerprint density at radius 2 is 2.33 bits per heavy atom. The Labute approximate surface area is 119 Å². The van der Waals surface area contributed by atoms with Gasteiger partial charge < -0.3 is 5.73 Å². The van der Waals surface area contributed by atoms with Gasteiger partial charge in [0.2, 0.25) is 11.8 Å². The maximum atomic E-state index is 12.2. The lowest BCUT2D eigenvalue weighted by Gasteiger charge is -2.18. The molecule has 2 aromatic rings. The fraction of sp³-hybridized carbons (Fsp3) is 0.308. The molecule has 3 rings (SSSR count). The number of aryl methyl sites for hydroxylation is 1. The normalized spacial score (nSPS) is 18.2. The first-order valence-corrected chi connectivity index (χ1v) is 6.36. The van der Waals surface area contributed by atoms with Gasteiger partial charge in [0.25, 0.3) is 0 Å². The van der Waals surface area contributed by atoms with Gasteiger partial charge in [-0.25, -0.2) is 4.98 Å². The Morgan fingerprint density at radius 1 is 1.57 bits per heavy atom. The molecule has 0 bridgehead atoms. The number of carbonyl (C=O) groups excluding carboxylic acids is 2. The van der Waals surface area contributed by atoms with Crippen LogP contribution in [0.4, 0.5) is 5.82 Å². The lowest BCUT2D eigenvalue weighted by molar-refractivity contribution is -0.123. The quantitative estimate of drug-likeness (QED) is 0.815. The van der Waals surface area contributed by atoms with Crippen molar-refractivity contribution in [2.45, 2.75) is 13.3 Å². The van der Waals surface area contributed by atoms with E-state index < -0.39 is 11.8 Å². The van der Waals surface area contributed by atoms with E-state index in [1.165, 1.54) is 15.6 Å². The maximum Gasteiger partial charge on any atom is 0.229 e. The molecule has 21 heavy (non-hydrogen) atoms. The molecule has 1 aliphatic rings. The number of hydrogen-bond donors (Lipinski definition) is 1. The van der Waals surface area contributed by atoms with Gasteiger partial charge in [0.15, 0.2) is 11.5 Å². The highest BCUT2D eigenvalue weighted by Crippen LogP contribution is 2.28. The number of hydrogen-bond acceptors (Lipinski definition) is 5. The summed E-state index contributed by atoms with van der Waals surface area (Å²) in [6.45, 7) is 1.95. The van der Waals surface area contributed by atoms with E-state index in [4.69, 9.17) is 5.73 Å². The molecule has 1 fully saturated rings. The smallest absolute Gasteiger partial charge is 0.229 e. The minimum Gasteiger partial charge on any atom is -0.369 e. The third-order valence-electron chi connectivity index (χ3n) is 3.48. The van der Waals surface area contributed by atoms with Crippen molar-refractivity contribution in [2.75, 3.05) is 11.4 Å². The first-order chi connectivity index (χ1) is 10.0. The summed E-state index contributed by atoms with van der Waals surface area (Å²) in [7, 11) is 0. The fourth-order valence-corrected chi connectivity index (χ4v) is 2.48. The Hall–Kier alpha value is -2.95. The second-order valence-electron chi connectivity index (χ2n) is 4.97. The number of nitrogens with two attached hydrogens (primary N) is 1. The number of aromatic nitrogens is 3. The number of nitriles is 1. The standard InChI is InChI=1S/C13H12N6O2/c1-7-2-10-16-5-9(4-14)13(19(10)17-7)18-6-8(12(15)21)3-11(18)20/h2,5,8H,3,6H2,1H3,(H2,15,21). The molecule has 0 saturated carbocycles. The summed E-state index contributed by atoms with van der Waals surface area (Å²) in [6.07, 6.45) is 1.45. The van der Waals surface area contributed by atoms with Gasteiger partial charge in [-0.1, -0.05) is 0 Å². The van der Waals surface area contributed by atoms with Crippen molar-refractivity contribution < 1.29 is 9.59 Å². The van der Waals surface area contributed by atoms with Crippen LogP contribution in [0.5, 0.6) is 0 Å². The van der Waals surface area contributed by atoms with Crippen LogP contribution in [0.3, 0.4) is 0 Å². The molecule has 106 valence electrons. The number of primary amides is 1. The Balaban J connectivity index is 2.17. The SMILES string of the molecule is Cc1cc2ncc(C#N)c(N3CC(C(N)=O)CC3=O)n2n1. The van der Waals surface area contributed by atoms with Gasteiger partial charge in [0.1, 0.15) is 11.6 Å². The van der Waals surface area contributed by atoms with E-state index in [1.54, 1.807) is 13.0 Å². The van der Waals surface area contributed by atoms with Crippen molar-refractivity contribution in [1.82, 2.24) is 14.6 Å². The molecular weight excluding hydrogens is 272 g/mol. The highest BCUT2D eigenvalue weighted by molar-refractivity contribution is 6.00. The van der Waals surface area contributed by atoms with Gasteiger partial charge >= 0.3 is 0 Å². The first-order valence-electron chi connectivity index (χ1n) is 6.36. The van der Waals surface area contributed by atoms with Crippen molar-refractivity contribution in [2.24, 2.45) is 11.7 Å². The summed E-state index contributed by atoms with van der Waals surface area (Å²) in [6, 6.07) is 3.75. The molecule has 2 N–H and O–H groups in total. The van der Waals surface area contributed by atoms with Crippen molar-refractivity contribution in [3.63, 3.8) is 0 Å². The minimum absolute atomic E-state index is 0.0459. The Kier molecular flexibility index (Phi) is 2.83. The second kappa shape index (κ2) is 4.56. The predicted molar refractivity (Wildman–Crippen MR) is 72.1 cm³/mol. The molecule has 8 nitrogen and oxygen atoms in total. The molecule has 0 aliphatic carbocycles. The largest absolute Gasteiger partial charge is 0.369 e. The first kappa shape index (κ1) is 13.1. The third-order valence-corrected chi connectivity index (χ3v) is 3.48. The molecule has 0 spiro atoms. The van der Waals surface area contributed by atoms with Crippen molar-refractivity contribution in [3.05, 3.63) is 23.5 Å². The number of nitrogens with zero attached hydrogens (tertiary/aromatic N) is 5. The minimum atomic E-state index is -0.552. The van der Waals surface area contributed by atoms with E-state index in [2.05, 4.69) is 10.1 Å². The summed E-state index contributed by atoms with van der Waals surface area (Å²) < 4.78 is 1.45. The molecule has 1 saturated heterocycles. The number of amides is 2. The summed E-state index contributed by atoms with van der Waals surface area (Å²) in [5.74, 6) is -0.990. The zero-order chi connectivity index (χ0) is 15.1. The van der Waals surface area contributed by atoms with Crippen LogP contribution in [0, 0.1) is 24.2 Å². The van der Waals surface area contributed by atoms with E-state index in [0.717, 1.165) is 5.69 Å². The number of rotatable bonds is 2. The van der Waals surface area contributed by atoms with Crippen LogP contribution in [0.2, 0.25) is 0 Å². The van der Waals surface area contributed by atoms with Gasteiger partial charge in [-0.15, -0.1) is 0 Å². The van der Waals surface area contributed by atoms with Crippen molar-refractivity contribution in [1.29, 1.82) is 5.26 Å². The average molecular weight is 284 g/mol. The topological polar surface area (TPSA) is 117 Å². The van der Waals surface area contributed by atoms with E-state index in [-0.39, 0.29) is 24.4 Å². The second-order valence-corrected chi connectivity index (χ2v) is 4.97. The number of fused-ring (bicyclic) bond motifs is 1. The van der Waals surface area contributed by atoms with Crippen LogP contribution in [0.25, 0.3) is 5.65 Å². The van der Waals surface area contributed by atoms with Crippen LogP contribution < -0.4 is 10.6 Å². The molecule has 1 unspecified atom stereocenters.